The van der Waals surface area contributed by atoms with Gasteiger partial charge in [-0.3, -0.25) is 0 Å². The predicted molar refractivity (Wildman–Crippen MR) is 60.2 cm³/mol. The van der Waals surface area contributed by atoms with E-state index in [2.05, 4.69) is 19.2 Å². The fraction of sp³-hybridized carbons (Fsp3) is 1.00. The summed E-state index contributed by atoms with van der Waals surface area (Å²) in [6.07, 6.45) is 5.26. The van der Waals surface area contributed by atoms with Gasteiger partial charge in [-0.25, -0.2) is 0 Å². The topological polar surface area (TPSA) is 12.0 Å². The molecule has 0 atom stereocenters. The van der Waals surface area contributed by atoms with Crippen molar-refractivity contribution in [1.29, 1.82) is 0 Å². The van der Waals surface area contributed by atoms with E-state index >= 15 is 0 Å². The molecule has 0 rings (SSSR count). The summed E-state index contributed by atoms with van der Waals surface area (Å²) in [4.78, 5) is 0. The van der Waals surface area contributed by atoms with Crippen LogP contribution < -0.4 is 5.32 Å². The zero-order valence-corrected chi connectivity index (χ0v) is 12.2. The van der Waals surface area contributed by atoms with Crippen LogP contribution in [0.25, 0.3) is 0 Å². The molecule has 0 aromatic rings. The van der Waals surface area contributed by atoms with Crippen molar-refractivity contribution < 1.29 is 14.7 Å². The Morgan fingerprint density at radius 3 is 1.46 bits per heavy atom. The molecule has 81 valence electrons. The van der Waals surface area contributed by atoms with Gasteiger partial charge in [0, 0.05) is 0 Å². The van der Waals surface area contributed by atoms with E-state index in [1.807, 2.05) is 0 Å². The van der Waals surface area contributed by atoms with Gasteiger partial charge in [-0.1, -0.05) is 26.7 Å². The van der Waals surface area contributed by atoms with Crippen molar-refractivity contribution in [3.05, 3.63) is 0 Å². The zero-order chi connectivity index (χ0) is 10.5. The molecule has 0 saturated carbocycles. The van der Waals surface area contributed by atoms with E-state index in [0.717, 1.165) is 0 Å². The van der Waals surface area contributed by atoms with Gasteiger partial charge < -0.3 is 5.32 Å². The summed E-state index contributed by atoms with van der Waals surface area (Å²) in [5.74, 6) is 0. The van der Waals surface area contributed by atoms with Gasteiger partial charge >= 0.3 is 42.6 Å². The summed E-state index contributed by atoms with van der Waals surface area (Å²) in [6, 6.07) is 0. The molecule has 1 N–H and O–H groups in total. The van der Waals surface area contributed by atoms with Gasteiger partial charge in [0.2, 0.25) is 0 Å². The fourth-order valence-corrected chi connectivity index (χ4v) is 0.729. The summed E-state index contributed by atoms with van der Waals surface area (Å²) in [5, 5.41) is 3.39. The van der Waals surface area contributed by atoms with Gasteiger partial charge in [-0.05, 0) is 25.9 Å². The van der Waals surface area contributed by atoms with Gasteiger partial charge in [0.1, 0.15) is 0 Å². The molecule has 5 heteroatoms. The van der Waals surface area contributed by atoms with Crippen LogP contribution >= 0.6 is 27.9 Å². The molecule has 0 aliphatic rings. The molecule has 0 bridgehead atoms. The number of nitrogens with one attached hydrogen (secondary N) is 1. The molecular weight excluding hydrogens is 264 g/mol. The Morgan fingerprint density at radius 2 is 1.23 bits per heavy atom. The zero-order valence-electron chi connectivity index (χ0n) is 8.38. The van der Waals surface area contributed by atoms with Crippen molar-refractivity contribution in [1.82, 2.24) is 5.32 Å². The van der Waals surface area contributed by atoms with Crippen molar-refractivity contribution in [3.8, 4) is 0 Å². The molecule has 0 aromatic heterocycles. The fourth-order valence-electron chi connectivity index (χ4n) is 0.729. The van der Waals surface area contributed by atoms with Crippen LogP contribution in [0.5, 0.6) is 0 Å². The van der Waals surface area contributed by atoms with E-state index in [4.69, 9.17) is 27.9 Å². The molecule has 0 aliphatic heterocycles. The molecule has 0 saturated heterocycles. The van der Waals surface area contributed by atoms with Gasteiger partial charge in [0.25, 0.3) is 0 Å². The molecule has 0 radical (unpaired) electrons. The summed E-state index contributed by atoms with van der Waals surface area (Å²) in [5.41, 5.74) is 0. The quantitative estimate of drug-likeness (QED) is 0.568. The molecule has 0 heterocycles. The third kappa shape index (κ3) is 31.7. The number of rotatable bonds is 6. The Hall–Kier alpha value is 1.54. The summed E-state index contributed by atoms with van der Waals surface area (Å²) in [7, 11) is 14.9. The van der Waals surface area contributed by atoms with E-state index < -0.39 is 14.7 Å². The van der Waals surface area contributed by atoms with Gasteiger partial charge in [0.05, 0.1) is 0 Å². The first kappa shape index (κ1) is 17.0. The van der Waals surface area contributed by atoms with Gasteiger partial charge in [-0.15, -0.1) is 0 Å². The molecule has 0 fully saturated rings. The van der Waals surface area contributed by atoms with Crippen LogP contribution in [0.4, 0.5) is 0 Å². The van der Waals surface area contributed by atoms with Gasteiger partial charge in [0.15, 0.2) is 0 Å². The van der Waals surface area contributed by atoms with Crippen LogP contribution in [0.15, 0.2) is 0 Å². The first-order chi connectivity index (χ1) is 6.15. The summed E-state index contributed by atoms with van der Waals surface area (Å²) >= 11 is -1.92. The molecule has 0 spiro atoms. The van der Waals surface area contributed by atoms with Crippen LogP contribution in [0, 0.1) is 0 Å². The van der Waals surface area contributed by atoms with Crippen LogP contribution in [0.1, 0.15) is 39.5 Å². The predicted octanol–water partition coefficient (Wildman–Crippen LogP) is 4.24. The molecule has 0 unspecified atom stereocenters. The van der Waals surface area contributed by atoms with E-state index in [9.17, 15) is 0 Å². The van der Waals surface area contributed by atoms with Gasteiger partial charge in [-0.2, -0.15) is 0 Å². The number of hydrogen-bond donors (Lipinski definition) is 1. The second kappa shape index (κ2) is 16.0. The third-order valence-electron chi connectivity index (χ3n) is 1.41. The van der Waals surface area contributed by atoms with Crippen molar-refractivity contribution in [2.24, 2.45) is 0 Å². The van der Waals surface area contributed by atoms with E-state index in [0.29, 0.717) is 0 Å². The molecule has 0 aliphatic carbocycles. The number of halogens is 3. The van der Waals surface area contributed by atoms with Crippen LogP contribution in [-0.2, 0) is 14.7 Å². The average Bonchev–Trinajstić information content (AvgIpc) is 2.03. The second-order valence-electron chi connectivity index (χ2n) is 2.67. The van der Waals surface area contributed by atoms with Crippen molar-refractivity contribution in [2.75, 3.05) is 13.1 Å². The minimum atomic E-state index is -1.92. The SMILES string of the molecule is CCCCNCCCC.[Cl][Ti]([Cl])[Cl]. The van der Waals surface area contributed by atoms with E-state index in [1.54, 1.807) is 0 Å². The van der Waals surface area contributed by atoms with Crippen molar-refractivity contribution >= 4 is 27.9 Å². The van der Waals surface area contributed by atoms with Crippen LogP contribution in [0.3, 0.4) is 0 Å². The molecular formula is C8H19Cl3NTi. The van der Waals surface area contributed by atoms with E-state index in [-0.39, 0.29) is 0 Å². The van der Waals surface area contributed by atoms with Crippen molar-refractivity contribution in [3.63, 3.8) is 0 Å². The maximum absolute atomic E-state index is 4.97. The maximum atomic E-state index is 4.97. The average molecular weight is 283 g/mol. The molecule has 1 nitrogen and oxygen atoms in total. The monoisotopic (exact) mass is 282 g/mol. The molecule has 0 aromatic carbocycles. The number of unbranched alkanes of at least 4 members (excludes halogenated alkanes) is 2. The van der Waals surface area contributed by atoms with Crippen molar-refractivity contribution in [2.45, 2.75) is 39.5 Å². The second-order valence-corrected chi connectivity index (χ2v) is 10.4. The Balaban J connectivity index is 0. The Morgan fingerprint density at radius 1 is 0.923 bits per heavy atom. The summed E-state index contributed by atoms with van der Waals surface area (Å²) < 4.78 is 0. The number of hydrogen-bond acceptors (Lipinski definition) is 1. The molecule has 0 amide bonds. The van der Waals surface area contributed by atoms with Crippen LogP contribution in [-0.4, -0.2) is 13.1 Å². The van der Waals surface area contributed by atoms with E-state index in [1.165, 1.54) is 38.8 Å². The Bertz CT molecular complexity index is 75.0. The Kier molecular flexibility index (Phi) is 20.9. The molecule has 13 heavy (non-hydrogen) atoms. The third-order valence-corrected chi connectivity index (χ3v) is 1.41. The summed E-state index contributed by atoms with van der Waals surface area (Å²) in [6.45, 7) is 6.86. The van der Waals surface area contributed by atoms with Crippen LogP contribution in [0.2, 0.25) is 0 Å². The Labute approximate surface area is 100.0 Å². The first-order valence-corrected chi connectivity index (χ1v) is 11.1. The minimum absolute atomic E-state index is 1.20. The normalized spacial score (nSPS) is 9.00. The standard InChI is InChI=1S/C8H19N.3ClH.Ti/c1-3-5-7-9-8-6-4-2;;;;/h9H,3-8H2,1-2H3;3*1H;/q;;;;+3/p-3. The first-order valence-electron chi connectivity index (χ1n) is 4.69.